The molecule has 1 atom stereocenters. The molecule has 1 unspecified atom stereocenters. The molecule has 1 spiro atoms. The summed E-state index contributed by atoms with van der Waals surface area (Å²) >= 11 is 0. The molecule has 2 fully saturated rings. The molecule has 0 aromatic heterocycles. The Bertz CT molecular complexity index is 466. The van der Waals surface area contributed by atoms with Gasteiger partial charge in [-0.15, -0.1) is 0 Å². The maximum absolute atomic E-state index is 10.3. The van der Waals surface area contributed by atoms with E-state index in [2.05, 4.69) is 29.2 Å². The second kappa shape index (κ2) is 7.09. The molecule has 4 nitrogen and oxygen atoms in total. The van der Waals surface area contributed by atoms with Crippen LogP contribution in [0.15, 0.2) is 24.3 Å². The van der Waals surface area contributed by atoms with Gasteiger partial charge in [-0.25, -0.2) is 0 Å². The highest BCUT2D eigenvalue weighted by Crippen LogP contribution is 2.35. The zero-order chi connectivity index (χ0) is 15.4. The average molecular weight is 304 g/mol. The van der Waals surface area contributed by atoms with Crippen LogP contribution in [0.4, 0.5) is 0 Å². The minimum Gasteiger partial charge on any atom is -0.390 e. The molecule has 2 heterocycles. The van der Waals surface area contributed by atoms with Crippen molar-refractivity contribution in [1.82, 2.24) is 4.90 Å². The van der Waals surface area contributed by atoms with Gasteiger partial charge in [0, 0.05) is 26.2 Å². The van der Waals surface area contributed by atoms with Crippen LogP contribution in [0.1, 0.15) is 36.8 Å². The Balaban J connectivity index is 1.53. The highest BCUT2D eigenvalue weighted by atomic mass is 16.5. The van der Waals surface area contributed by atoms with Crippen LogP contribution in [-0.2, 0) is 17.7 Å². The third kappa shape index (κ3) is 3.51. The van der Waals surface area contributed by atoms with Gasteiger partial charge in [0.15, 0.2) is 0 Å². The van der Waals surface area contributed by atoms with Crippen molar-refractivity contribution >= 4 is 0 Å². The zero-order valence-electron chi connectivity index (χ0n) is 13.3. The third-order valence-corrected chi connectivity index (χ3v) is 5.18. The van der Waals surface area contributed by atoms with E-state index in [0.29, 0.717) is 6.54 Å². The minimum atomic E-state index is -0.279. The van der Waals surface area contributed by atoms with E-state index in [1.807, 2.05) is 0 Å². The van der Waals surface area contributed by atoms with E-state index in [4.69, 9.17) is 10.5 Å². The highest BCUT2D eigenvalue weighted by Gasteiger charge is 2.43. The van der Waals surface area contributed by atoms with Crippen LogP contribution in [0.3, 0.4) is 0 Å². The second-order valence-electron chi connectivity index (χ2n) is 6.70. The fourth-order valence-electron chi connectivity index (χ4n) is 3.71. The molecule has 2 aliphatic heterocycles. The van der Waals surface area contributed by atoms with Crippen molar-refractivity contribution < 1.29 is 9.84 Å². The maximum Gasteiger partial charge on any atom is 0.0964 e. The van der Waals surface area contributed by atoms with E-state index in [9.17, 15) is 5.11 Å². The van der Waals surface area contributed by atoms with Gasteiger partial charge in [0.05, 0.1) is 11.7 Å². The zero-order valence-corrected chi connectivity index (χ0v) is 13.3. The topological polar surface area (TPSA) is 58.7 Å². The van der Waals surface area contributed by atoms with Gasteiger partial charge < -0.3 is 15.6 Å². The summed E-state index contributed by atoms with van der Waals surface area (Å²) in [6, 6.07) is 8.78. The van der Waals surface area contributed by atoms with Gasteiger partial charge in [0.1, 0.15) is 0 Å². The summed E-state index contributed by atoms with van der Waals surface area (Å²) in [5.74, 6) is 0. The molecule has 0 saturated carbocycles. The number of aliphatic hydroxyl groups is 1. The van der Waals surface area contributed by atoms with Gasteiger partial charge in [0.25, 0.3) is 0 Å². The predicted molar refractivity (Wildman–Crippen MR) is 87.6 cm³/mol. The van der Waals surface area contributed by atoms with Crippen molar-refractivity contribution in [3.63, 3.8) is 0 Å². The van der Waals surface area contributed by atoms with E-state index < -0.39 is 0 Å². The summed E-state index contributed by atoms with van der Waals surface area (Å²) in [4.78, 5) is 2.47. The van der Waals surface area contributed by atoms with Crippen molar-refractivity contribution in [3.05, 3.63) is 35.4 Å². The summed E-state index contributed by atoms with van der Waals surface area (Å²) in [5.41, 5.74) is 7.98. The molecule has 2 aliphatic rings. The van der Waals surface area contributed by atoms with Crippen LogP contribution in [0, 0.1) is 0 Å². The smallest absolute Gasteiger partial charge is 0.0964 e. The monoisotopic (exact) mass is 304 g/mol. The number of benzene rings is 1. The Hall–Kier alpha value is -0.940. The van der Waals surface area contributed by atoms with Crippen molar-refractivity contribution in [2.45, 2.75) is 50.4 Å². The molecular weight excluding hydrogens is 276 g/mol. The first-order chi connectivity index (χ1) is 10.7. The lowest BCUT2D eigenvalue weighted by atomic mass is 9.82. The third-order valence-electron chi connectivity index (χ3n) is 5.18. The van der Waals surface area contributed by atoms with Crippen LogP contribution in [0.2, 0.25) is 0 Å². The number of nitrogens with two attached hydrogens (primary N) is 1. The van der Waals surface area contributed by atoms with Crippen LogP contribution in [0.25, 0.3) is 0 Å². The lowest BCUT2D eigenvalue weighted by Gasteiger charge is -2.46. The number of hydrogen-bond acceptors (Lipinski definition) is 4. The summed E-state index contributed by atoms with van der Waals surface area (Å²) in [7, 11) is 0. The molecule has 1 aromatic carbocycles. The highest BCUT2D eigenvalue weighted by molar-refractivity contribution is 5.22. The van der Waals surface area contributed by atoms with Gasteiger partial charge in [-0.3, -0.25) is 4.90 Å². The molecule has 0 radical (unpaired) electrons. The molecule has 4 heteroatoms. The van der Waals surface area contributed by atoms with Crippen molar-refractivity contribution in [3.8, 4) is 0 Å². The molecule has 0 amide bonds. The second-order valence-corrected chi connectivity index (χ2v) is 6.70. The summed E-state index contributed by atoms with van der Waals surface area (Å²) in [6.45, 7) is 4.49. The fourth-order valence-corrected chi connectivity index (χ4v) is 3.71. The van der Waals surface area contributed by atoms with E-state index in [0.717, 1.165) is 58.3 Å². The molecule has 122 valence electrons. The van der Waals surface area contributed by atoms with Gasteiger partial charge in [-0.2, -0.15) is 0 Å². The molecule has 22 heavy (non-hydrogen) atoms. The van der Waals surface area contributed by atoms with Crippen LogP contribution < -0.4 is 5.73 Å². The SMILES string of the molecule is NCCc1ccc(CN2CCC3(CC2)OCCCC3O)cc1. The van der Waals surface area contributed by atoms with Crippen molar-refractivity contribution in [2.75, 3.05) is 26.2 Å². The van der Waals surface area contributed by atoms with E-state index >= 15 is 0 Å². The molecule has 3 rings (SSSR count). The van der Waals surface area contributed by atoms with Gasteiger partial charge in [0.2, 0.25) is 0 Å². The minimum absolute atomic E-state index is 0.264. The van der Waals surface area contributed by atoms with Crippen molar-refractivity contribution in [1.29, 1.82) is 0 Å². The van der Waals surface area contributed by atoms with Crippen LogP contribution in [-0.4, -0.2) is 48.0 Å². The standard InChI is InChI=1S/C18H28N2O2/c19-10-7-15-3-5-16(6-4-15)14-20-11-8-18(9-12-20)17(21)2-1-13-22-18/h3-6,17,21H,1-2,7-14,19H2. The first-order valence-electron chi connectivity index (χ1n) is 8.54. The van der Waals surface area contributed by atoms with Crippen LogP contribution >= 0.6 is 0 Å². The Kier molecular flexibility index (Phi) is 5.14. The van der Waals surface area contributed by atoms with E-state index in [1.54, 1.807) is 0 Å². The Labute approximate surface area is 133 Å². The van der Waals surface area contributed by atoms with Gasteiger partial charge >= 0.3 is 0 Å². The number of hydrogen-bond donors (Lipinski definition) is 2. The molecular formula is C18H28N2O2. The first-order valence-corrected chi connectivity index (χ1v) is 8.54. The van der Waals surface area contributed by atoms with Crippen LogP contribution in [0.5, 0.6) is 0 Å². The average Bonchev–Trinajstić information content (AvgIpc) is 2.55. The number of rotatable bonds is 4. The summed E-state index contributed by atoms with van der Waals surface area (Å²) in [5, 5.41) is 10.3. The number of likely N-dealkylation sites (tertiary alicyclic amines) is 1. The van der Waals surface area contributed by atoms with E-state index in [1.165, 1.54) is 11.1 Å². The quantitative estimate of drug-likeness (QED) is 0.889. The Morgan fingerprint density at radius 2 is 1.86 bits per heavy atom. The molecule has 0 aliphatic carbocycles. The molecule has 3 N–H and O–H groups in total. The maximum atomic E-state index is 10.3. The van der Waals surface area contributed by atoms with E-state index in [-0.39, 0.29) is 11.7 Å². The molecule has 2 saturated heterocycles. The molecule has 0 bridgehead atoms. The predicted octanol–water partition coefficient (Wildman–Crippen LogP) is 1.69. The first kappa shape index (κ1) is 15.9. The Morgan fingerprint density at radius 1 is 1.18 bits per heavy atom. The summed E-state index contributed by atoms with van der Waals surface area (Å²) < 4.78 is 5.97. The number of nitrogens with zero attached hydrogens (tertiary/aromatic N) is 1. The van der Waals surface area contributed by atoms with Gasteiger partial charge in [-0.05, 0) is 49.8 Å². The lowest BCUT2D eigenvalue weighted by Crippen LogP contribution is -2.55. The largest absolute Gasteiger partial charge is 0.390 e. The van der Waals surface area contributed by atoms with Gasteiger partial charge in [-0.1, -0.05) is 24.3 Å². The molecule has 1 aromatic rings. The number of ether oxygens (including phenoxy) is 1. The van der Waals surface area contributed by atoms with Crippen molar-refractivity contribution in [2.24, 2.45) is 5.73 Å². The number of aliphatic hydroxyl groups excluding tert-OH is 1. The summed E-state index contributed by atoms with van der Waals surface area (Å²) in [6.07, 6.45) is 4.43. The Morgan fingerprint density at radius 3 is 2.50 bits per heavy atom. The lowest BCUT2D eigenvalue weighted by molar-refractivity contribution is -0.177. The number of piperidine rings is 1. The fraction of sp³-hybridized carbons (Fsp3) is 0.667. The normalized spacial score (nSPS) is 25.5.